The van der Waals surface area contributed by atoms with Gasteiger partial charge in [0.25, 0.3) is 0 Å². The van der Waals surface area contributed by atoms with E-state index in [0.29, 0.717) is 0 Å². The molecule has 0 radical (unpaired) electrons. The number of piperazine rings is 1. The Morgan fingerprint density at radius 1 is 1.09 bits per heavy atom. The maximum atomic E-state index is 13.9. The van der Waals surface area contributed by atoms with Crippen LogP contribution in [0, 0.1) is 12.3 Å². The molecule has 0 spiro atoms. The highest BCUT2D eigenvalue weighted by Gasteiger charge is 2.51. The number of urea groups is 1. The van der Waals surface area contributed by atoms with Crippen molar-refractivity contribution in [3.8, 4) is 12.3 Å². The monoisotopic (exact) mass is 640 g/mol. The van der Waals surface area contributed by atoms with E-state index in [1.54, 1.807) is 0 Å². The van der Waals surface area contributed by atoms with Crippen molar-refractivity contribution in [2.45, 2.75) is 44.3 Å². The first kappa shape index (κ1) is 33.9. The van der Waals surface area contributed by atoms with Crippen LogP contribution in [0.1, 0.15) is 29.5 Å². The summed E-state index contributed by atoms with van der Waals surface area (Å²) >= 11 is 0. The van der Waals surface area contributed by atoms with E-state index in [1.165, 1.54) is 38.0 Å². The van der Waals surface area contributed by atoms with Gasteiger partial charge < -0.3 is 25.2 Å². The summed E-state index contributed by atoms with van der Waals surface area (Å²) in [4.78, 5) is 55.7. The van der Waals surface area contributed by atoms with Crippen molar-refractivity contribution in [3.63, 3.8) is 0 Å². The van der Waals surface area contributed by atoms with Gasteiger partial charge in [-0.2, -0.15) is 18.2 Å². The van der Waals surface area contributed by atoms with E-state index in [9.17, 15) is 32.3 Å². The molecule has 0 unspecified atom stereocenters. The van der Waals surface area contributed by atoms with E-state index in [-0.39, 0.29) is 64.3 Å². The number of rotatable bonds is 11. The van der Waals surface area contributed by atoms with Crippen LogP contribution < -0.4 is 10.6 Å². The summed E-state index contributed by atoms with van der Waals surface area (Å²) in [6.45, 7) is 3.04. The van der Waals surface area contributed by atoms with Crippen LogP contribution in [0.2, 0.25) is 0 Å². The average Bonchev–Trinajstić information content (AvgIpc) is 3.03. The number of benzene rings is 2. The fraction of sp³-hybridized carbons (Fsp3) is 0.375. The largest absolute Gasteiger partial charge is 0.445 e. The predicted molar refractivity (Wildman–Crippen MR) is 161 cm³/mol. The van der Waals surface area contributed by atoms with Gasteiger partial charge in [-0.05, 0) is 36.1 Å². The number of amides is 5. The molecule has 4 rings (SSSR count). The molecule has 46 heavy (non-hydrogen) atoms. The Bertz CT molecular complexity index is 1460. The number of halogens is 3. The number of alkyl carbamates (subject to hydrolysis) is 1. The lowest BCUT2D eigenvalue weighted by atomic mass is 10.0. The minimum atomic E-state index is -4.58. The van der Waals surface area contributed by atoms with Crippen LogP contribution in [0.4, 0.5) is 22.8 Å². The molecule has 2 aromatic rings. The van der Waals surface area contributed by atoms with Crippen LogP contribution in [-0.4, -0.2) is 88.7 Å². The number of fused-ring (bicyclic) bond motifs is 1. The van der Waals surface area contributed by atoms with Crippen molar-refractivity contribution in [1.82, 2.24) is 30.5 Å². The molecule has 0 aromatic heterocycles. The second kappa shape index (κ2) is 15.3. The zero-order valence-electron chi connectivity index (χ0n) is 25.0. The molecule has 14 heteroatoms. The summed E-state index contributed by atoms with van der Waals surface area (Å²) in [6, 6.07) is 12.2. The maximum absolute atomic E-state index is 13.9. The average molecular weight is 641 g/mol. The van der Waals surface area contributed by atoms with E-state index < -0.39 is 47.9 Å². The van der Waals surface area contributed by atoms with Crippen LogP contribution in [0.25, 0.3) is 0 Å². The van der Waals surface area contributed by atoms with Gasteiger partial charge in [0, 0.05) is 19.6 Å². The van der Waals surface area contributed by atoms with Gasteiger partial charge >= 0.3 is 18.3 Å². The van der Waals surface area contributed by atoms with Gasteiger partial charge in [-0.3, -0.25) is 9.59 Å². The minimum Gasteiger partial charge on any atom is -0.445 e. The molecular weight excluding hydrogens is 605 g/mol. The van der Waals surface area contributed by atoms with Gasteiger partial charge in [0.1, 0.15) is 18.8 Å². The van der Waals surface area contributed by atoms with Crippen LogP contribution in [0.15, 0.2) is 67.3 Å². The number of alkyl halides is 3. The highest BCUT2D eigenvalue weighted by molar-refractivity contribution is 5.91. The lowest BCUT2D eigenvalue weighted by molar-refractivity contribution is -0.189. The molecule has 2 fully saturated rings. The SMILES string of the molecule is C#CCN1CC(=O)N2[C@@H](CCCNC(=O)OCC=C)C(=O)N(Cc3cccc(C(F)(F)F)c3)C[C@@H]2N1C(=O)NCc1ccccc1. The van der Waals surface area contributed by atoms with Crippen LogP contribution >= 0.6 is 0 Å². The summed E-state index contributed by atoms with van der Waals surface area (Å²) in [6.07, 6.45) is 1.06. The van der Waals surface area contributed by atoms with Crippen molar-refractivity contribution in [2.24, 2.45) is 0 Å². The van der Waals surface area contributed by atoms with Crippen molar-refractivity contribution in [1.29, 1.82) is 0 Å². The van der Waals surface area contributed by atoms with Gasteiger partial charge in [-0.25, -0.2) is 14.6 Å². The number of hydrazine groups is 1. The van der Waals surface area contributed by atoms with Crippen LogP contribution in [-0.2, 0) is 33.6 Å². The number of hydrogen-bond acceptors (Lipinski definition) is 6. The predicted octanol–water partition coefficient (Wildman–Crippen LogP) is 3.34. The molecule has 2 heterocycles. The van der Waals surface area contributed by atoms with Crippen molar-refractivity contribution >= 4 is 23.9 Å². The van der Waals surface area contributed by atoms with E-state index in [0.717, 1.165) is 17.7 Å². The number of carbonyl (C=O) groups excluding carboxylic acids is 4. The molecular formula is C32H35F3N6O5. The molecule has 2 aliphatic rings. The number of hydrogen-bond donors (Lipinski definition) is 2. The summed E-state index contributed by atoms with van der Waals surface area (Å²) in [7, 11) is 0. The summed E-state index contributed by atoms with van der Waals surface area (Å²) < 4.78 is 45.3. The first-order chi connectivity index (χ1) is 22.0. The number of nitrogens with zero attached hydrogens (tertiary/aromatic N) is 4. The lowest BCUT2D eigenvalue weighted by Gasteiger charge is -2.55. The summed E-state index contributed by atoms with van der Waals surface area (Å²) in [5.74, 6) is 1.52. The Morgan fingerprint density at radius 3 is 2.52 bits per heavy atom. The minimum absolute atomic E-state index is 0.0116. The molecule has 2 N–H and O–H groups in total. The topological polar surface area (TPSA) is 115 Å². The third kappa shape index (κ3) is 8.36. The number of nitrogens with one attached hydrogen (secondary N) is 2. The number of ether oxygens (including phenoxy) is 1. The van der Waals surface area contributed by atoms with Gasteiger partial charge in [-0.1, -0.05) is 61.0 Å². The molecule has 2 atom stereocenters. The van der Waals surface area contributed by atoms with E-state index in [2.05, 4.69) is 23.1 Å². The molecule has 0 saturated carbocycles. The van der Waals surface area contributed by atoms with Crippen molar-refractivity contribution < 1.29 is 37.1 Å². The third-order valence-electron chi connectivity index (χ3n) is 7.48. The first-order valence-corrected chi connectivity index (χ1v) is 14.6. The zero-order valence-corrected chi connectivity index (χ0v) is 25.0. The molecule has 0 bridgehead atoms. The van der Waals surface area contributed by atoms with E-state index >= 15 is 0 Å². The Morgan fingerprint density at radius 2 is 1.83 bits per heavy atom. The van der Waals surface area contributed by atoms with E-state index in [4.69, 9.17) is 11.2 Å². The van der Waals surface area contributed by atoms with Gasteiger partial charge in [-0.15, -0.1) is 6.42 Å². The maximum Gasteiger partial charge on any atom is 0.416 e. The zero-order chi connectivity index (χ0) is 33.3. The molecule has 2 saturated heterocycles. The van der Waals surface area contributed by atoms with Crippen molar-refractivity contribution in [2.75, 3.05) is 32.8 Å². The van der Waals surface area contributed by atoms with Gasteiger partial charge in [0.2, 0.25) is 11.8 Å². The Labute approximate surface area is 264 Å². The fourth-order valence-corrected chi connectivity index (χ4v) is 5.45. The molecule has 11 nitrogen and oxygen atoms in total. The number of terminal acetylenes is 1. The second-order valence-corrected chi connectivity index (χ2v) is 10.7. The Balaban J connectivity index is 1.62. The lowest BCUT2D eigenvalue weighted by Crippen LogP contribution is -2.76. The van der Waals surface area contributed by atoms with Gasteiger partial charge in [0.05, 0.1) is 25.2 Å². The highest BCUT2D eigenvalue weighted by Crippen LogP contribution is 2.32. The normalized spacial score (nSPS) is 18.4. The van der Waals surface area contributed by atoms with E-state index in [1.807, 2.05) is 30.3 Å². The molecule has 2 aromatic carbocycles. The quantitative estimate of drug-likeness (QED) is 0.221. The second-order valence-electron chi connectivity index (χ2n) is 10.7. The summed E-state index contributed by atoms with van der Waals surface area (Å²) in [5.41, 5.74) is 0.188. The smallest absolute Gasteiger partial charge is 0.416 e. The van der Waals surface area contributed by atoms with Crippen molar-refractivity contribution in [3.05, 3.63) is 83.9 Å². The molecule has 244 valence electrons. The molecule has 0 aliphatic carbocycles. The van der Waals surface area contributed by atoms with Crippen LogP contribution in [0.3, 0.4) is 0 Å². The standard InChI is InChI=1S/C32H35F3N6O5/c1-3-16-39-22-28(42)40-26(14-9-15-36-31(45)46-17-4-2)29(43)38(20-24-12-8-13-25(18-24)32(33,34)35)21-27(40)41(39)30(44)37-19-23-10-6-5-7-11-23/h1,4-8,10-13,18,26-27H,2,9,14-17,19-22H2,(H,36,45)(H,37,44)/t26-,27-/m0/s1. The fourth-order valence-electron chi connectivity index (χ4n) is 5.45. The Hall–Kier alpha value is -5.03. The third-order valence-corrected chi connectivity index (χ3v) is 7.48. The van der Waals surface area contributed by atoms with Crippen LogP contribution in [0.5, 0.6) is 0 Å². The Kier molecular flexibility index (Phi) is 11.3. The molecule has 2 aliphatic heterocycles. The highest BCUT2D eigenvalue weighted by atomic mass is 19.4. The molecule has 5 amide bonds. The number of carbonyl (C=O) groups is 4. The first-order valence-electron chi connectivity index (χ1n) is 14.6. The van der Waals surface area contributed by atoms with Gasteiger partial charge in [0.15, 0.2) is 0 Å². The summed E-state index contributed by atoms with van der Waals surface area (Å²) in [5, 5.41) is 8.13.